The molecule has 0 aliphatic carbocycles. The lowest BCUT2D eigenvalue weighted by Gasteiger charge is -2.20. The van der Waals surface area contributed by atoms with Crippen LogP contribution in [0.2, 0.25) is 0 Å². The fraction of sp³-hybridized carbons (Fsp3) is 0.818. The molecule has 0 aliphatic rings. The molecule has 0 bridgehead atoms. The van der Waals surface area contributed by atoms with Gasteiger partial charge in [-0.25, -0.2) is 0 Å². The van der Waals surface area contributed by atoms with Crippen LogP contribution in [0, 0.1) is 0 Å². The molecule has 61 heavy (non-hydrogen) atoms. The average molecular weight is 856 g/mol. The highest BCUT2D eigenvalue weighted by molar-refractivity contribution is 5.76. The van der Waals surface area contributed by atoms with E-state index in [9.17, 15) is 19.8 Å². The number of esters is 1. The van der Waals surface area contributed by atoms with Gasteiger partial charge in [-0.3, -0.25) is 9.59 Å². The van der Waals surface area contributed by atoms with Gasteiger partial charge >= 0.3 is 5.97 Å². The Hall–Kier alpha value is -2.18. The Kier molecular flexibility index (Phi) is 48.7. The van der Waals surface area contributed by atoms with Crippen molar-refractivity contribution in [3.8, 4) is 0 Å². The van der Waals surface area contributed by atoms with Crippen LogP contribution in [0.25, 0.3) is 0 Å². The van der Waals surface area contributed by atoms with E-state index in [2.05, 4.69) is 55.6 Å². The van der Waals surface area contributed by atoms with E-state index in [0.717, 1.165) is 77.0 Å². The number of carbonyl (C=O) groups is 2. The van der Waals surface area contributed by atoms with Crippen molar-refractivity contribution in [2.24, 2.45) is 0 Å². The second-order valence-electron chi connectivity index (χ2n) is 17.9. The minimum absolute atomic E-state index is 0.0244. The van der Waals surface area contributed by atoms with Crippen LogP contribution in [-0.4, -0.2) is 47.4 Å². The zero-order valence-electron chi connectivity index (χ0n) is 40.4. The van der Waals surface area contributed by atoms with Gasteiger partial charge in [-0.2, -0.15) is 0 Å². The fourth-order valence-electron chi connectivity index (χ4n) is 7.73. The van der Waals surface area contributed by atoms with E-state index < -0.39 is 12.1 Å². The number of unbranched alkanes of at least 4 members (excludes halogenated alkanes) is 32. The number of aliphatic hydroxyl groups excluding tert-OH is 2. The maximum atomic E-state index is 12.4. The van der Waals surface area contributed by atoms with Crippen LogP contribution in [0.3, 0.4) is 0 Å². The van der Waals surface area contributed by atoms with Gasteiger partial charge in [0.25, 0.3) is 0 Å². The van der Waals surface area contributed by atoms with E-state index >= 15 is 0 Å². The molecule has 6 heteroatoms. The first kappa shape index (κ1) is 58.8. The molecule has 2 unspecified atom stereocenters. The van der Waals surface area contributed by atoms with Crippen molar-refractivity contribution in [1.82, 2.24) is 5.32 Å². The Morgan fingerprint density at radius 3 is 1.26 bits per heavy atom. The lowest BCUT2D eigenvalue weighted by molar-refractivity contribution is -0.143. The normalized spacial score (nSPS) is 13.0. The standard InChI is InChI=1S/C55H101NO5/c1-3-5-7-9-11-13-15-16-17-18-19-20-23-26-29-33-37-41-45-49-55(60)61-50-46-42-38-34-30-27-24-21-22-25-28-32-36-40-44-48-54(59)56-52(51-57)53(58)47-43-39-35-31-14-12-10-8-6-4-2/h16-17,21,24,27,30,43,47,52-53,57-58H,3-15,18-20,22-23,25-26,28-29,31-42,44-46,48-51H2,1-2H3,(H,56,59)/b17-16-,24-21-,30-27-,47-43+. The SMILES string of the molecule is CCCCCCCC/C=C\CCCCCCCCCCCC(=O)OCCCCC/C=C\C=C/CCCCCCCCC(=O)NC(CO)C(O)/C=C/CCCCCCCCCC. The van der Waals surface area contributed by atoms with Gasteiger partial charge in [0.05, 0.1) is 25.4 Å². The van der Waals surface area contributed by atoms with Gasteiger partial charge in [-0.15, -0.1) is 0 Å². The number of rotatable bonds is 48. The molecule has 0 spiro atoms. The summed E-state index contributed by atoms with van der Waals surface area (Å²) in [5, 5.41) is 22.9. The third kappa shape index (κ3) is 47.1. The van der Waals surface area contributed by atoms with Gasteiger partial charge in [-0.05, 0) is 89.9 Å². The minimum Gasteiger partial charge on any atom is -0.466 e. The van der Waals surface area contributed by atoms with E-state index in [1.54, 1.807) is 6.08 Å². The molecule has 2 atom stereocenters. The van der Waals surface area contributed by atoms with Crippen molar-refractivity contribution in [1.29, 1.82) is 0 Å². The first-order chi connectivity index (χ1) is 30.0. The van der Waals surface area contributed by atoms with Crippen molar-refractivity contribution in [2.75, 3.05) is 13.2 Å². The predicted octanol–water partition coefficient (Wildman–Crippen LogP) is 15.8. The van der Waals surface area contributed by atoms with Crippen molar-refractivity contribution in [3.05, 3.63) is 48.6 Å². The van der Waals surface area contributed by atoms with Crippen molar-refractivity contribution < 1.29 is 24.5 Å². The largest absolute Gasteiger partial charge is 0.466 e. The summed E-state index contributed by atoms with van der Waals surface area (Å²) in [5.41, 5.74) is 0. The molecule has 0 aliphatic heterocycles. The molecule has 0 aromatic heterocycles. The molecule has 0 aromatic carbocycles. The molecule has 0 heterocycles. The predicted molar refractivity (Wildman–Crippen MR) is 264 cm³/mol. The molecular weight excluding hydrogens is 755 g/mol. The smallest absolute Gasteiger partial charge is 0.305 e. The molecule has 0 radical (unpaired) electrons. The maximum Gasteiger partial charge on any atom is 0.305 e. The number of aliphatic hydroxyl groups is 2. The van der Waals surface area contributed by atoms with E-state index in [0.29, 0.717) is 19.4 Å². The number of ether oxygens (including phenoxy) is 1. The topological polar surface area (TPSA) is 95.9 Å². The molecule has 1 amide bonds. The number of amides is 1. The number of hydrogen-bond acceptors (Lipinski definition) is 5. The summed E-state index contributed by atoms with van der Waals surface area (Å²) in [4.78, 5) is 24.4. The third-order valence-corrected chi connectivity index (χ3v) is 11.8. The molecular formula is C55H101NO5. The van der Waals surface area contributed by atoms with Crippen LogP contribution in [0.4, 0.5) is 0 Å². The molecule has 3 N–H and O–H groups in total. The zero-order valence-corrected chi connectivity index (χ0v) is 40.4. The van der Waals surface area contributed by atoms with Crippen LogP contribution >= 0.6 is 0 Å². The lowest BCUT2D eigenvalue weighted by atomic mass is 10.1. The quantitative estimate of drug-likeness (QED) is 0.0245. The monoisotopic (exact) mass is 856 g/mol. The van der Waals surface area contributed by atoms with Crippen LogP contribution < -0.4 is 5.32 Å². The second kappa shape index (κ2) is 50.5. The zero-order chi connectivity index (χ0) is 44.4. The Balaban J connectivity index is 3.51. The Labute approximate surface area is 378 Å². The van der Waals surface area contributed by atoms with Gasteiger partial charge in [-0.1, -0.05) is 210 Å². The average Bonchev–Trinajstić information content (AvgIpc) is 3.26. The summed E-state index contributed by atoms with van der Waals surface area (Å²) < 4.78 is 5.45. The third-order valence-electron chi connectivity index (χ3n) is 11.8. The molecule has 0 rings (SSSR count). The number of nitrogens with one attached hydrogen (secondary N) is 1. The fourth-order valence-corrected chi connectivity index (χ4v) is 7.73. The summed E-state index contributed by atoms with van der Waals surface area (Å²) >= 11 is 0. The molecule has 0 aromatic rings. The molecule has 0 saturated heterocycles. The molecule has 356 valence electrons. The van der Waals surface area contributed by atoms with Gasteiger partial charge in [0.15, 0.2) is 0 Å². The highest BCUT2D eigenvalue weighted by atomic mass is 16.5. The summed E-state index contributed by atoms with van der Waals surface area (Å²) in [6.07, 6.45) is 62.7. The number of allylic oxidation sites excluding steroid dienone is 7. The van der Waals surface area contributed by atoms with E-state index in [1.165, 1.54) is 161 Å². The summed E-state index contributed by atoms with van der Waals surface area (Å²) in [6.45, 7) is 4.81. The van der Waals surface area contributed by atoms with Gasteiger partial charge in [0.1, 0.15) is 0 Å². The molecule has 6 nitrogen and oxygen atoms in total. The highest BCUT2D eigenvalue weighted by Crippen LogP contribution is 2.14. The van der Waals surface area contributed by atoms with Gasteiger partial charge in [0.2, 0.25) is 5.91 Å². The van der Waals surface area contributed by atoms with Crippen molar-refractivity contribution in [2.45, 2.75) is 276 Å². The van der Waals surface area contributed by atoms with Crippen LogP contribution in [0.5, 0.6) is 0 Å². The maximum absolute atomic E-state index is 12.4. The molecule has 0 fully saturated rings. The second-order valence-corrected chi connectivity index (χ2v) is 17.9. The van der Waals surface area contributed by atoms with E-state index in [-0.39, 0.29) is 18.5 Å². The van der Waals surface area contributed by atoms with Crippen molar-refractivity contribution in [3.63, 3.8) is 0 Å². The minimum atomic E-state index is -0.857. The number of carbonyl (C=O) groups excluding carboxylic acids is 2. The van der Waals surface area contributed by atoms with Gasteiger partial charge in [0, 0.05) is 12.8 Å². The highest BCUT2D eigenvalue weighted by Gasteiger charge is 2.18. The first-order valence-corrected chi connectivity index (χ1v) is 26.4. The van der Waals surface area contributed by atoms with Crippen molar-refractivity contribution >= 4 is 11.9 Å². The van der Waals surface area contributed by atoms with Crippen LogP contribution in [0.1, 0.15) is 264 Å². The van der Waals surface area contributed by atoms with Crippen LogP contribution in [0.15, 0.2) is 48.6 Å². The summed E-state index contributed by atoms with van der Waals surface area (Å²) in [7, 11) is 0. The molecule has 0 saturated carbocycles. The Morgan fingerprint density at radius 1 is 0.459 bits per heavy atom. The first-order valence-electron chi connectivity index (χ1n) is 26.4. The summed E-state index contributed by atoms with van der Waals surface area (Å²) in [6, 6.07) is -0.643. The lowest BCUT2D eigenvalue weighted by Crippen LogP contribution is -2.45. The number of hydrogen-bond donors (Lipinski definition) is 3. The van der Waals surface area contributed by atoms with Crippen LogP contribution in [-0.2, 0) is 14.3 Å². The van der Waals surface area contributed by atoms with E-state index in [4.69, 9.17) is 4.74 Å². The van der Waals surface area contributed by atoms with E-state index in [1.807, 2.05) is 6.08 Å². The Morgan fingerprint density at radius 2 is 0.820 bits per heavy atom. The van der Waals surface area contributed by atoms with Gasteiger partial charge < -0.3 is 20.3 Å². The Bertz CT molecular complexity index is 1040. The summed E-state index contributed by atoms with van der Waals surface area (Å²) in [5.74, 6) is -0.118.